The van der Waals surface area contributed by atoms with Crippen LogP contribution < -0.4 is 10.6 Å². The molecule has 1 aromatic heterocycles. The van der Waals surface area contributed by atoms with Crippen molar-refractivity contribution in [1.82, 2.24) is 20.4 Å². The number of carbonyl (C=O) groups excluding carboxylic acids is 3. The molecule has 0 aromatic carbocycles. The number of imide groups is 1. The van der Waals surface area contributed by atoms with Gasteiger partial charge in [-0.3, -0.25) is 19.8 Å². The van der Waals surface area contributed by atoms with Crippen LogP contribution in [0.4, 0.5) is 9.93 Å². The van der Waals surface area contributed by atoms with Crippen molar-refractivity contribution in [3.8, 4) is 0 Å². The van der Waals surface area contributed by atoms with Gasteiger partial charge in [0.2, 0.25) is 16.9 Å². The van der Waals surface area contributed by atoms with Crippen molar-refractivity contribution in [3.63, 3.8) is 0 Å². The lowest BCUT2D eigenvalue weighted by atomic mass is 9.63. The van der Waals surface area contributed by atoms with Gasteiger partial charge >= 0.3 is 6.03 Å². The molecule has 1 saturated heterocycles. The number of nitrogens with one attached hydrogen (secondary N) is 2. The lowest BCUT2D eigenvalue weighted by Gasteiger charge is -2.38. The number of rotatable bonds is 5. The third-order valence-corrected chi connectivity index (χ3v) is 6.44. The molecule has 1 aromatic rings. The minimum Gasteiger partial charge on any atom is -0.336 e. The molecule has 138 valence electrons. The number of aryl methyl sites for hydroxylation is 1. The van der Waals surface area contributed by atoms with Gasteiger partial charge in [-0.15, -0.1) is 10.2 Å². The van der Waals surface area contributed by atoms with Crippen molar-refractivity contribution < 1.29 is 14.4 Å². The number of likely N-dealkylation sites (tertiary alicyclic amines) is 1. The van der Waals surface area contributed by atoms with E-state index in [1.165, 1.54) is 16.2 Å². The molecule has 8 nitrogen and oxygen atoms in total. The molecule has 1 saturated carbocycles. The summed E-state index contributed by atoms with van der Waals surface area (Å²) >= 11 is 1.32. The second-order valence-electron chi connectivity index (χ2n) is 6.91. The van der Waals surface area contributed by atoms with Gasteiger partial charge in [0, 0.05) is 13.1 Å². The number of hydrogen-bond acceptors (Lipinski definition) is 6. The van der Waals surface area contributed by atoms with Crippen molar-refractivity contribution in [3.05, 3.63) is 17.2 Å². The molecule has 0 unspecified atom stereocenters. The molecule has 9 heteroatoms. The van der Waals surface area contributed by atoms with Crippen LogP contribution in [-0.4, -0.2) is 46.0 Å². The van der Waals surface area contributed by atoms with E-state index in [1.807, 2.05) is 6.92 Å². The minimum atomic E-state index is -0.415. The molecule has 26 heavy (non-hydrogen) atoms. The molecule has 0 spiro atoms. The van der Waals surface area contributed by atoms with Gasteiger partial charge in [0.1, 0.15) is 5.01 Å². The number of urea groups is 1. The van der Waals surface area contributed by atoms with E-state index in [4.69, 9.17) is 0 Å². The Kier molecular flexibility index (Phi) is 4.47. The van der Waals surface area contributed by atoms with Crippen LogP contribution in [0.5, 0.6) is 0 Å². The lowest BCUT2D eigenvalue weighted by molar-refractivity contribution is -0.140. The summed E-state index contributed by atoms with van der Waals surface area (Å²) in [5, 5.41) is 14.4. The van der Waals surface area contributed by atoms with Crippen LogP contribution in [0.25, 0.3) is 0 Å². The highest BCUT2D eigenvalue weighted by atomic mass is 32.1. The van der Waals surface area contributed by atoms with E-state index < -0.39 is 6.03 Å². The Balaban J connectivity index is 1.30. The first kappa shape index (κ1) is 17.1. The van der Waals surface area contributed by atoms with E-state index in [-0.39, 0.29) is 48.6 Å². The first-order valence-electron chi connectivity index (χ1n) is 8.99. The molecular weight excluding hydrogens is 354 g/mol. The predicted molar refractivity (Wildman–Crippen MR) is 95.4 cm³/mol. The van der Waals surface area contributed by atoms with Gasteiger partial charge in [-0.05, 0) is 31.1 Å². The SMILES string of the molecule is CCc1nnc(NC(=O)NCCN2C(=O)[C@H]3[C@H](C2=O)[C@H]2C=C[C@H]3CC2)s1. The molecular formula is C17H21N5O3S. The average Bonchev–Trinajstić information content (AvgIpc) is 3.21. The van der Waals surface area contributed by atoms with Crippen LogP contribution in [0, 0.1) is 23.7 Å². The van der Waals surface area contributed by atoms with Gasteiger partial charge in [0.15, 0.2) is 0 Å². The maximum Gasteiger partial charge on any atom is 0.321 e. The summed E-state index contributed by atoms with van der Waals surface area (Å²) in [4.78, 5) is 38.6. The quantitative estimate of drug-likeness (QED) is 0.598. The van der Waals surface area contributed by atoms with Gasteiger partial charge in [-0.25, -0.2) is 4.79 Å². The maximum absolute atomic E-state index is 12.7. The van der Waals surface area contributed by atoms with E-state index in [0.29, 0.717) is 5.13 Å². The fraction of sp³-hybridized carbons (Fsp3) is 0.588. The normalized spacial score (nSPS) is 29.2. The molecule has 1 aliphatic heterocycles. The van der Waals surface area contributed by atoms with Crippen molar-refractivity contribution in [1.29, 1.82) is 0 Å². The molecule has 3 aliphatic carbocycles. The largest absolute Gasteiger partial charge is 0.336 e. The first-order chi connectivity index (χ1) is 12.6. The van der Waals surface area contributed by atoms with Crippen LogP contribution in [0.2, 0.25) is 0 Å². The van der Waals surface area contributed by atoms with Crippen molar-refractivity contribution >= 4 is 34.3 Å². The van der Waals surface area contributed by atoms with Gasteiger partial charge in [0.05, 0.1) is 11.8 Å². The van der Waals surface area contributed by atoms with Gasteiger partial charge in [-0.1, -0.05) is 30.4 Å². The first-order valence-corrected chi connectivity index (χ1v) is 9.81. The van der Waals surface area contributed by atoms with Gasteiger partial charge in [0.25, 0.3) is 0 Å². The fourth-order valence-corrected chi connectivity index (χ4v) is 4.90. The molecule has 4 amide bonds. The number of hydrogen-bond donors (Lipinski definition) is 2. The highest BCUT2D eigenvalue weighted by molar-refractivity contribution is 7.15. The number of fused-ring (bicyclic) bond motifs is 1. The summed E-state index contributed by atoms with van der Waals surface area (Å²) in [6, 6.07) is -0.415. The summed E-state index contributed by atoms with van der Waals surface area (Å²) in [6.45, 7) is 2.38. The standard InChI is InChI=1S/C17H21N5O3S/c1-2-11-20-21-17(26-11)19-16(25)18-7-8-22-14(23)12-9-3-4-10(6-5-9)13(12)15(22)24/h3-4,9-10,12-13H,2,5-8H2,1H3,(H2,18,19,21,25)/t9-,10-,12+,13+/m0/s1. The lowest BCUT2D eigenvalue weighted by Crippen LogP contribution is -2.40. The van der Waals surface area contributed by atoms with Gasteiger partial charge in [-0.2, -0.15) is 0 Å². The number of nitrogens with zero attached hydrogens (tertiary/aromatic N) is 3. The van der Waals surface area contributed by atoms with E-state index in [9.17, 15) is 14.4 Å². The van der Waals surface area contributed by atoms with Crippen molar-refractivity contribution in [2.75, 3.05) is 18.4 Å². The second-order valence-corrected chi connectivity index (χ2v) is 7.97. The smallest absolute Gasteiger partial charge is 0.321 e. The highest BCUT2D eigenvalue weighted by Crippen LogP contribution is 2.49. The van der Waals surface area contributed by atoms with Crippen molar-refractivity contribution in [2.45, 2.75) is 26.2 Å². The number of aromatic nitrogens is 2. The number of carbonyl (C=O) groups is 3. The molecule has 2 fully saturated rings. The second kappa shape index (κ2) is 6.79. The van der Waals surface area contributed by atoms with Gasteiger partial charge < -0.3 is 5.32 Å². The molecule has 2 heterocycles. The zero-order valence-corrected chi connectivity index (χ0v) is 15.3. The van der Waals surface area contributed by atoms with Crippen LogP contribution in [0.15, 0.2) is 12.2 Å². The average molecular weight is 375 g/mol. The fourth-order valence-electron chi connectivity index (χ4n) is 4.23. The summed E-state index contributed by atoms with van der Waals surface area (Å²) in [6.07, 6.45) is 6.93. The third-order valence-electron chi connectivity index (χ3n) is 5.46. The van der Waals surface area contributed by atoms with Crippen LogP contribution >= 0.6 is 11.3 Å². The molecule has 5 rings (SSSR count). The summed E-state index contributed by atoms with van der Waals surface area (Å²) in [5.74, 6) is -0.195. The number of amides is 4. The highest BCUT2D eigenvalue weighted by Gasteiger charge is 2.56. The Morgan fingerprint density at radius 1 is 1.19 bits per heavy atom. The molecule has 2 N–H and O–H groups in total. The van der Waals surface area contributed by atoms with Crippen LogP contribution in [0.3, 0.4) is 0 Å². The molecule has 4 atom stereocenters. The Hall–Kier alpha value is -2.29. The van der Waals surface area contributed by atoms with E-state index >= 15 is 0 Å². The molecule has 2 bridgehead atoms. The van der Waals surface area contributed by atoms with E-state index in [0.717, 1.165) is 24.3 Å². The number of allylic oxidation sites excluding steroid dienone is 2. The topological polar surface area (TPSA) is 104 Å². The monoisotopic (exact) mass is 375 g/mol. The summed E-state index contributed by atoms with van der Waals surface area (Å²) < 4.78 is 0. The van der Waals surface area contributed by atoms with E-state index in [2.05, 4.69) is 33.0 Å². The zero-order chi connectivity index (χ0) is 18.3. The summed E-state index contributed by atoms with van der Waals surface area (Å²) in [5.41, 5.74) is 0. The number of anilines is 1. The molecule has 0 radical (unpaired) electrons. The Morgan fingerprint density at radius 2 is 1.85 bits per heavy atom. The Morgan fingerprint density at radius 3 is 2.38 bits per heavy atom. The van der Waals surface area contributed by atoms with Crippen molar-refractivity contribution in [2.24, 2.45) is 23.7 Å². The molecule has 4 aliphatic rings. The summed E-state index contributed by atoms with van der Waals surface area (Å²) in [7, 11) is 0. The maximum atomic E-state index is 12.7. The van der Waals surface area contributed by atoms with Crippen LogP contribution in [-0.2, 0) is 16.0 Å². The predicted octanol–water partition coefficient (Wildman–Crippen LogP) is 1.42. The Labute approximate surface area is 155 Å². The minimum absolute atomic E-state index is 0.0852. The zero-order valence-electron chi connectivity index (χ0n) is 14.5. The Bertz CT molecular complexity index is 744. The third kappa shape index (κ3) is 2.90. The van der Waals surface area contributed by atoms with E-state index in [1.54, 1.807) is 0 Å². The van der Waals surface area contributed by atoms with Crippen LogP contribution in [0.1, 0.15) is 24.8 Å².